The molecule has 0 atom stereocenters. The van der Waals surface area contributed by atoms with Crippen molar-refractivity contribution < 1.29 is 15.0 Å². The van der Waals surface area contributed by atoms with Crippen molar-refractivity contribution in [3.8, 4) is 0 Å². The van der Waals surface area contributed by atoms with Crippen molar-refractivity contribution in [1.82, 2.24) is 9.88 Å². The number of rotatable bonds is 8. The third kappa shape index (κ3) is 5.22. The number of hydrogen-bond donors (Lipinski definition) is 2. The first-order valence-corrected chi connectivity index (χ1v) is 7.97. The quantitative estimate of drug-likeness (QED) is 0.776. The first-order valence-electron chi connectivity index (χ1n) is 7.09. The van der Waals surface area contributed by atoms with Gasteiger partial charge in [0.1, 0.15) is 0 Å². The Kier molecular flexibility index (Phi) is 6.06. The van der Waals surface area contributed by atoms with E-state index in [1.54, 1.807) is 0 Å². The van der Waals surface area contributed by atoms with Crippen LogP contribution in [0.5, 0.6) is 0 Å². The summed E-state index contributed by atoms with van der Waals surface area (Å²) in [5.74, 6) is -0.854. The van der Waals surface area contributed by atoms with Gasteiger partial charge in [-0.1, -0.05) is 24.3 Å². The Morgan fingerprint density at radius 3 is 2.59 bits per heavy atom. The molecule has 0 saturated carbocycles. The normalized spacial score (nSPS) is 11.0. The van der Waals surface area contributed by atoms with Crippen LogP contribution in [0.3, 0.4) is 0 Å². The van der Waals surface area contributed by atoms with Gasteiger partial charge in [-0.25, -0.2) is 4.98 Å². The van der Waals surface area contributed by atoms with Gasteiger partial charge in [0.05, 0.1) is 23.7 Å². The van der Waals surface area contributed by atoms with Crippen molar-refractivity contribution in [2.75, 3.05) is 20.2 Å². The Bertz CT molecular complexity index is 610. The van der Waals surface area contributed by atoms with Gasteiger partial charge in [-0.15, -0.1) is 11.3 Å². The topological polar surface area (TPSA) is 73.7 Å². The van der Waals surface area contributed by atoms with E-state index in [9.17, 15) is 4.79 Å². The monoisotopic (exact) mass is 320 g/mol. The molecule has 0 bridgehead atoms. The average molecular weight is 320 g/mol. The van der Waals surface area contributed by atoms with Crippen LogP contribution < -0.4 is 0 Å². The van der Waals surface area contributed by atoms with Crippen LogP contribution in [0, 0.1) is 0 Å². The number of aliphatic hydroxyl groups is 1. The number of carbonyl (C=O) groups is 1. The Morgan fingerprint density at radius 2 is 1.95 bits per heavy atom. The van der Waals surface area contributed by atoms with E-state index < -0.39 is 5.97 Å². The summed E-state index contributed by atoms with van der Waals surface area (Å²) < 4.78 is 0. The summed E-state index contributed by atoms with van der Waals surface area (Å²) in [6.45, 7) is 1.63. The van der Waals surface area contributed by atoms with Gasteiger partial charge >= 0.3 is 5.97 Å². The van der Waals surface area contributed by atoms with Gasteiger partial charge in [0.2, 0.25) is 0 Å². The van der Waals surface area contributed by atoms with E-state index in [0.29, 0.717) is 12.2 Å². The fourth-order valence-electron chi connectivity index (χ4n) is 2.16. The van der Waals surface area contributed by atoms with Crippen molar-refractivity contribution in [1.29, 1.82) is 0 Å². The van der Waals surface area contributed by atoms with E-state index in [-0.39, 0.29) is 13.0 Å². The standard InChI is InChI=1S/C16H20N2O3S/c1-18(6-7-19)10-13-4-2-12(3-5-13)8-15-17-14(11-22-15)9-16(20)21/h2-5,11,19H,6-10H2,1H3,(H,20,21). The maximum absolute atomic E-state index is 10.7. The second-order valence-corrected chi connectivity index (χ2v) is 6.20. The van der Waals surface area contributed by atoms with Crippen LogP contribution in [-0.4, -0.2) is 46.3 Å². The predicted molar refractivity (Wildman–Crippen MR) is 86.1 cm³/mol. The molecule has 0 aliphatic rings. The van der Waals surface area contributed by atoms with Gasteiger partial charge in [0.25, 0.3) is 0 Å². The lowest BCUT2D eigenvalue weighted by Crippen LogP contribution is -2.21. The van der Waals surface area contributed by atoms with Crippen LogP contribution in [0.4, 0.5) is 0 Å². The average Bonchev–Trinajstić information content (AvgIpc) is 2.87. The van der Waals surface area contributed by atoms with Gasteiger partial charge < -0.3 is 10.2 Å². The predicted octanol–water partition coefficient (Wildman–Crippen LogP) is 1.79. The number of carboxylic acid groups (broad SMARTS) is 1. The molecule has 1 heterocycles. The lowest BCUT2D eigenvalue weighted by atomic mass is 10.1. The Labute approximate surface area is 133 Å². The summed E-state index contributed by atoms with van der Waals surface area (Å²) in [7, 11) is 1.98. The molecule has 0 fully saturated rings. The van der Waals surface area contributed by atoms with Crippen molar-refractivity contribution in [3.63, 3.8) is 0 Å². The number of aliphatic carboxylic acids is 1. The minimum atomic E-state index is -0.854. The minimum absolute atomic E-state index is 0.0212. The molecule has 2 rings (SSSR count). The maximum Gasteiger partial charge on any atom is 0.309 e. The second kappa shape index (κ2) is 8.03. The molecule has 0 radical (unpaired) electrons. The number of thiazole rings is 1. The van der Waals surface area contributed by atoms with Crippen LogP contribution in [0.25, 0.3) is 0 Å². The number of carboxylic acids is 1. The molecule has 0 saturated heterocycles. The van der Waals surface area contributed by atoms with Gasteiger partial charge in [-0.2, -0.15) is 0 Å². The molecule has 0 unspecified atom stereocenters. The third-order valence-corrected chi connectivity index (χ3v) is 4.14. The number of benzene rings is 1. The summed E-state index contributed by atoms with van der Waals surface area (Å²) >= 11 is 1.50. The van der Waals surface area contributed by atoms with Gasteiger partial charge in [-0.3, -0.25) is 9.69 Å². The van der Waals surface area contributed by atoms with Crippen LogP contribution in [0.15, 0.2) is 29.6 Å². The molecule has 0 aliphatic carbocycles. The van der Waals surface area contributed by atoms with E-state index in [1.165, 1.54) is 16.9 Å². The smallest absolute Gasteiger partial charge is 0.309 e. The molecule has 5 nitrogen and oxygen atoms in total. The molecule has 0 spiro atoms. The zero-order valence-electron chi connectivity index (χ0n) is 12.5. The summed E-state index contributed by atoms with van der Waals surface area (Å²) in [5.41, 5.74) is 2.98. The molecule has 1 aromatic carbocycles. The van der Waals surface area contributed by atoms with E-state index in [2.05, 4.69) is 34.1 Å². The number of aromatic nitrogens is 1. The molecule has 22 heavy (non-hydrogen) atoms. The summed E-state index contributed by atoms with van der Waals surface area (Å²) in [4.78, 5) is 17.1. The molecular weight excluding hydrogens is 300 g/mol. The molecule has 118 valence electrons. The summed E-state index contributed by atoms with van der Waals surface area (Å²) in [6.07, 6.45) is 0.698. The molecule has 2 N–H and O–H groups in total. The SMILES string of the molecule is CN(CCO)Cc1ccc(Cc2nc(CC(=O)O)cs2)cc1. The molecule has 2 aromatic rings. The fourth-order valence-corrected chi connectivity index (χ4v) is 2.99. The van der Waals surface area contributed by atoms with E-state index >= 15 is 0 Å². The Balaban J connectivity index is 1.93. The second-order valence-electron chi connectivity index (χ2n) is 5.26. The third-order valence-electron chi connectivity index (χ3n) is 3.24. The van der Waals surface area contributed by atoms with Crippen molar-refractivity contribution in [3.05, 3.63) is 51.5 Å². The lowest BCUT2D eigenvalue weighted by molar-refractivity contribution is -0.136. The Morgan fingerprint density at radius 1 is 1.27 bits per heavy atom. The van der Waals surface area contributed by atoms with Crippen molar-refractivity contribution in [2.24, 2.45) is 0 Å². The molecule has 6 heteroatoms. The molecule has 1 aromatic heterocycles. The molecular formula is C16H20N2O3S. The van der Waals surface area contributed by atoms with Crippen molar-refractivity contribution in [2.45, 2.75) is 19.4 Å². The highest BCUT2D eigenvalue weighted by atomic mass is 32.1. The van der Waals surface area contributed by atoms with Crippen molar-refractivity contribution >= 4 is 17.3 Å². The zero-order valence-corrected chi connectivity index (χ0v) is 13.3. The summed E-state index contributed by atoms with van der Waals surface area (Å²) in [6, 6.07) is 8.30. The van der Waals surface area contributed by atoms with Crippen LogP contribution in [-0.2, 0) is 24.2 Å². The fraction of sp³-hybridized carbons (Fsp3) is 0.375. The van der Waals surface area contributed by atoms with Gasteiger partial charge in [0.15, 0.2) is 0 Å². The highest BCUT2D eigenvalue weighted by Gasteiger charge is 2.07. The number of likely N-dealkylation sites (N-methyl/N-ethyl adjacent to an activating group) is 1. The van der Waals surface area contributed by atoms with Crippen LogP contribution in [0.1, 0.15) is 21.8 Å². The first kappa shape index (κ1) is 16.6. The van der Waals surface area contributed by atoms with E-state index in [1.807, 2.05) is 12.4 Å². The minimum Gasteiger partial charge on any atom is -0.481 e. The highest BCUT2D eigenvalue weighted by Crippen LogP contribution is 2.16. The van der Waals surface area contributed by atoms with Gasteiger partial charge in [-0.05, 0) is 18.2 Å². The molecule has 0 aliphatic heterocycles. The van der Waals surface area contributed by atoms with Gasteiger partial charge in [0, 0.05) is 24.9 Å². The maximum atomic E-state index is 10.7. The van der Waals surface area contributed by atoms with Crippen LogP contribution in [0.2, 0.25) is 0 Å². The number of aliphatic hydroxyl groups excluding tert-OH is 1. The first-order chi connectivity index (χ1) is 10.6. The number of hydrogen-bond acceptors (Lipinski definition) is 5. The summed E-state index contributed by atoms with van der Waals surface area (Å²) in [5, 5.41) is 20.4. The zero-order chi connectivity index (χ0) is 15.9. The lowest BCUT2D eigenvalue weighted by Gasteiger charge is -2.15. The molecule has 0 amide bonds. The number of nitrogens with zero attached hydrogens (tertiary/aromatic N) is 2. The van der Waals surface area contributed by atoms with E-state index in [4.69, 9.17) is 10.2 Å². The highest BCUT2D eigenvalue weighted by molar-refractivity contribution is 7.09. The largest absolute Gasteiger partial charge is 0.481 e. The van der Waals surface area contributed by atoms with Crippen LogP contribution >= 0.6 is 11.3 Å². The van der Waals surface area contributed by atoms with E-state index in [0.717, 1.165) is 23.5 Å². The Hall–Kier alpha value is -1.76.